The van der Waals surface area contributed by atoms with Crippen LogP contribution >= 0.6 is 0 Å². The van der Waals surface area contributed by atoms with Gasteiger partial charge in [0.2, 0.25) is 0 Å². The molecule has 1 aromatic carbocycles. The number of hydrogen-bond acceptors (Lipinski definition) is 5. The van der Waals surface area contributed by atoms with E-state index >= 15 is 0 Å². The largest absolute Gasteiger partial charge is 0.484 e. The summed E-state index contributed by atoms with van der Waals surface area (Å²) in [5.41, 5.74) is 3.41. The normalized spacial score (nSPS) is 10.6. The first-order valence-corrected chi connectivity index (χ1v) is 7.97. The van der Waals surface area contributed by atoms with Gasteiger partial charge in [-0.1, -0.05) is 0 Å². The van der Waals surface area contributed by atoms with Gasteiger partial charge in [-0.25, -0.2) is 19.0 Å². The van der Waals surface area contributed by atoms with Crippen molar-refractivity contribution in [1.29, 1.82) is 0 Å². The van der Waals surface area contributed by atoms with E-state index in [9.17, 15) is 9.18 Å². The summed E-state index contributed by atoms with van der Waals surface area (Å²) < 4.78 is 19.8. The first kappa shape index (κ1) is 17.5. The Morgan fingerprint density at radius 1 is 1.15 bits per heavy atom. The van der Waals surface area contributed by atoms with Crippen molar-refractivity contribution in [1.82, 2.24) is 19.7 Å². The van der Waals surface area contributed by atoms with Gasteiger partial charge in [0.1, 0.15) is 11.6 Å². The van der Waals surface area contributed by atoms with E-state index in [-0.39, 0.29) is 18.3 Å². The molecule has 3 rings (SSSR count). The molecule has 0 atom stereocenters. The van der Waals surface area contributed by atoms with Gasteiger partial charge < -0.3 is 10.1 Å². The molecule has 8 heteroatoms. The summed E-state index contributed by atoms with van der Waals surface area (Å²) in [5.74, 6) is 0.108. The van der Waals surface area contributed by atoms with Crippen molar-refractivity contribution in [3.63, 3.8) is 0 Å². The fourth-order valence-electron chi connectivity index (χ4n) is 2.29. The monoisotopic (exact) mass is 355 g/mol. The Morgan fingerprint density at radius 3 is 2.38 bits per heavy atom. The fraction of sp³-hybridized carbons (Fsp3) is 0.222. The molecule has 0 aliphatic carbocycles. The van der Waals surface area contributed by atoms with Crippen molar-refractivity contribution >= 4 is 11.6 Å². The summed E-state index contributed by atoms with van der Waals surface area (Å²) in [4.78, 5) is 20.4. The number of amides is 1. The molecule has 134 valence electrons. The van der Waals surface area contributed by atoms with Crippen LogP contribution in [0.1, 0.15) is 17.0 Å². The second-order valence-electron chi connectivity index (χ2n) is 5.77. The van der Waals surface area contributed by atoms with Crippen LogP contribution < -0.4 is 10.1 Å². The van der Waals surface area contributed by atoms with Crippen LogP contribution in [-0.2, 0) is 4.79 Å². The third-order valence-corrected chi connectivity index (χ3v) is 3.95. The van der Waals surface area contributed by atoms with E-state index < -0.39 is 0 Å². The van der Waals surface area contributed by atoms with E-state index in [2.05, 4.69) is 20.4 Å². The lowest BCUT2D eigenvalue weighted by Crippen LogP contribution is -2.20. The number of carbonyl (C=O) groups excluding carboxylic acids is 1. The number of ether oxygens (including phenoxy) is 1. The number of hydrogen-bond donors (Lipinski definition) is 1. The summed E-state index contributed by atoms with van der Waals surface area (Å²) in [7, 11) is 0. The molecule has 0 saturated carbocycles. The first-order chi connectivity index (χ1) is 12.4. The number of aromatic nitrogens is 4. The molecule has 7 nitrogen and oxygen atoms in total. The Morgan fingerprint density at radius 2 is 1.81 bits per heavy atom. The Kier molecular flexibility index (Phi) is 4.92. The maximum Gasteiger partial charge on any atom is 0.262 e. The molecule has 3 aromatic rings. The molecular formula is C18H18FN5O2. The predicted octanol–water partition coefficient (Wildman–Crippen LogP) is 2.74. The Bertz CT molecular complexity index is 920. The molecule has 0 aliphatic heterocycles. The average Bonchev–Trinajstić information content (AvgIpc) is 2.89. The lowest BCUT2D eigenvalue weighted by Gasteiger charge is -2.08. The number of anilines is 1. The van der Waals surface area contributed by atoms with Gasteiger partial charge in [-0.15, -0.1) is 0 Å². The van der Waals surface area contributed by atoms with Gasteiger partial charge in [0, 0.05) is 5.69 Å². The summed E-state index contributed by atoms with van der Waals surface area (Å²) in [6, 6.07) is 5.44. The van der Waals surface area contributed by atoms with Crippen LogP contribution in [0, 0.1) is 26.6 Å². The Hall–Kier alpha value is -3.29. The minimum absolute atomic E-state index is 0.204. The van der Waals surface area contributed by atoms with Gasteiger partial charge >= 0.3 is 0 Å². The van der Waals surface area contributed by atoms with Crippen molar-refractivity contribution in [2.24, 2.45) is 0 Å². The fourth-order valence-corrected chi connectivity index (χ4v) is 2.29. The first-order valence-electron chi connectivity index (χ1n) is 7.97. The summed E-state index contributed by atoms with van der Waals surface area (Å²) in [6.45, 7) is 5.66. The summed E-state index contributed by atoms with van der Waals surface area (Å²) in [6.07, 6.45) is 3.01. The van der Waals surface area contributed by atoms with E-state index in [4.69, 9.17) is 4.74 Å². The molecule has 2 aromatic heterocycles. The number of benzene rings is 1. The smallest absolute Gasteiger partial charge is 0.262 e. The van der Waals surface area contributed by atoms with Crippen molar-refractivity contribution in [2.75, 3.05) is 11.9 Å². The van der Waals surface area contributed by atoms with E-state index in [1.54, 1.807) is 4.68 Å². The molecule has 0 bridgehead atoms. The van der Waals surface area contributed by atoms with Crippen molar-refractivity contribution in [3.05, 3.63) is 59.4 Å². The average molecular weight is 355 g/mol. The molecule has 0 saturated heterocycles. The molecule has 0 unspecified atom stereocenters. The zero-order chi connectivity index (χ0) is 18.7. The second kappa shape index (κ2) is 7.30. The van der Waals surface area contributed by atoms with E-state index in [0.717, 1.165) is 17.0 Å². The van der Waals surface area contributed by atoms with Gasteiger partial charge in [-0.2, -0.15) is 5.10 Å². The zero-order valence-electron chi connectivity index (χ0n) is 14.7. The zero-order valence-corrected chi connectivity index (χ0v) is 14.7. The highest BCUT2D eigenvalue weighted by Crippen LogP contribution is 2.15. The van der Waals surface area contributed by atoms with E-state index in [1.165, 1.54) is 36.7 Å². The van der Waals surface area contributed by atoms with Crippen molar-refractivity contribution < 1.29 is 13.9 Å². The summed E-state index contributed by atoms with van der Waals surface area (Å²) in [5, 5.41) is 7.04. The van der Waals surface area contributed by atoms with E-state index in [1.807, 2.05) is 20.8 Å². The molecule has 0 spiro atoms. The number of nitrogens with zero attached hydrogens (tertiary/aromatic N) is 4. The van der Waals surface area contributed by atoms with Gasteiger partial charge in [0.15, 0.2) is 6.61 Å². The predicted molar refractivity (Wildman–Crippen MR) is 93.9 cm³/mol. The Labute approximate surface area is 149 Å². The topological polar surface area (TPSA) is 81.9 Å². The molecule has 1 amide bonds. The lowest BCUT2D eigenvalue weighted by atomic mass is 10.2. The molecule has 2 heterocycles. The number of rotatable bonds is 5. The molecule has 1 N–H and O–H groups in total. The van der Waals surface area contributed by atoms with Crippen molar-refractivity contribution in [2.45, 2.75) is 20.8 Å². The molecule has 0 fully saturated rings. The highest BCUT2D eigenvalue weighted by Gasteiger charge is 2.11. The van der Waals surface area contributed by atoms with Crippen LogP contribution in [-0.4, -0.2) is 32.3 Å². The van der Waals surface area contributed by atoms with Gasteiger partial charge in [-0.05, 0) is 50.6 Å². The van der Waals surface area contributed by atoms with Gasteiger partial charge in [-0.3, -0.25) is 4.79 Å². The second-order valence-corrected chi connectivity index (χ2v) is 5.77. The van der Waals surface area contributed by atoms with Crippen LogP contribution in [0.25, 0.3) is 5.95 Å². The number of aryl methyl sites for hydroxylation is 1. The van der Waals surface area contributed by atoms with Crippen LogP contribution in [0.2, 0.25) is 0 Å². The standard InChI is InChI=1S/C18H18FN5O2/c1-11-12(2)23-24(13(11)3)18-20-8-15(9-21-18)22-17(25)10-26-16-6-4-14(19)5-7-16/h4-9H,10H2,1-3H3,(H,22,25). The van der Waals surface area contributed by atoms with Crippen LogP contribution in [0.3, 0.4) is 0 Å². The molecule has 0 aliphatic rings. The quantitative estimate of drug-likeness (QED) is 0.761. The summed E-state index contributed by atoms with van der Waals surface area (Å²) >= 11 is 0. The van der Waals surface area contributed by atoms with Crippen LogP contribution in [0.5, 0.6) is 5.75 Å². The minimum Gasteiger partial charge on any atom is -0.484 e. The number of carbonyl (C=O) groups is 1. The maximum absolute atomic E-state index is 12.8. The highest BCUT2D eigenvalue weighted by molar-refractivity contribution is 5.91. The third kappa shape index (κ3) is 3.85. The minimum atomic E-state index is -0.368. The van der Waals surface area contributed by atoms with Gasteiger partial charge in [0.25, 0.3) is 11.9 Å². The number of nitrogens with one attached hydrogen (secondary N) is 1. The molecule has 0 radical (unpaired) electrons. The van der Waals surface area contributed by atoms with Crippen molar-refractivity contribution in [3.8, 4) is 11.7 Å². The van der Waals surface area contributed by atoms with Crippen LogP contribution in [0.4, 0.5) is 10.1 Å². The molecular weight excluding hydrogens is 337 g/mol. The third-order valence-electron chi connectivity index (χ3n) is 3.95. The SMILES string of the molecule is Cc1nn(-c2ncc(NC(=O)COc3ccc(F)cc3)cn2)c(C)c1C. The maximum atomic E-state index is 12.8. The van der Waals surface area contributed by atoms with E-state index in [0.29, 0.717) is 17.4 Å². The highest BCUT2D eigenvalue weighted by atomic mass is 19.1. The van der Waals surface area contributed by atoms with Crippen LogP contribution in [0.15, 0.2) is 36.7 Å². The lowest BCUT2D eigenvalue weighted by molar-refractivity contribution is -0.118. The number of halogens is 1. The Balaban J connectivity index is 1.60. The van der Waals surface area contributed by atoms with Gasteiger partial charge in [0.05, 0.1) is 23.8 Å². The molecule has 26 heavy (non-hydrogen) atoms.